The van der Waals surface area contributed by atoms with E-state index in [-0.39, 0.29) is 11.3 Å². The molecule has 0 aliphatic heterocycles. The Hall–Kier alpha value is -2.24. The first-order chi connectivity index (χ1) is 6.70. The van der Waals surface area contributed by atoms with Crippen LogP contribution in [0.4, 0.5) is 0 Å². The molecular weight excluding hydrogens is 186 g/mol. The average molecular weight is 191 g/mol. The summed E-state index contributed by atoms with van der Waals surface area (Å²) in [7, 11) is 0. The van der Waals surface area contributed by atoms with Crippen molar-refractivity contribution in [3.63, 3.8) is 0 Å². The Kier molecular flexibility index (Phi) is 1.74. The Morgan fingerprint density at radius 2 is 2.14 bits per heavy atom. The lowest BCUT2D eigenvalue weighted by atomic mass is 10.3. The van der Waals surface area contributed by atoms with E-state index in [0.29, 0.717) is 0 Å². The number of hydrogen-bond acceptors (Lipinski definition) is 4. The molecule has 0 unspecified atom stereocenters. The van der Waals surface area contributed by atoms with Gasteiger partial charge in [-0.1, -0.05) is 6.07 Å². The number of aromatic carboxylic acids is 1. The van der Waals surface area contributed by atoms with Gasteiger partial charge in [-0.25, -0.2) is 19.0 Å². The van der Waals surface area contributed by atoms with Crippen molar-refractivity contribution in [3.05, 3.63) is 40.7 Å². The van der Waals surface area contributed by atoms with Crippen LogP contribution in [0.2, 0.25) is 0 Å². The van der Waals surface area contributed by atoms with Gasteiger partial charge in [-0.3, -0.25) is 0 Å². The first-order valence-corrected chi connectivity index (χ1v) is 3.76. The second-order valence-electron chi connectivity index (χ2n) is 2.57. The van der Waals surface area contributed by atoms with Crippen molar-refractivity contribution >= 4 is 11.6 Å². The Labute approximate surface area is 77.5 Å². The Balaban J connectivity index is 2.99. The lowest BCUT2D eigenvalue weighted by Gasteiger charge is -2.01. The normalized spacial score (nSPS) is 10.3. The van der Waals surface area contributed by atoms with Crippen LogP contribution in [0.25, 0.3) is 5.65 Å². The summed E-state index contributed by atoms with van der Waals surface area (Å²) in [5.41, 5.74) is -0.522. The summed E-state index contributed by atoms with van der Waals surface area (Å²) < 4.78 is 0.947. The van der Waals surface area contributed by atoms with Gasteiger partial charge in [0, 0.05) is 0 Å². The maximum Gasteiger partial charge on any atom is 0.355 e. The molecule has 2 aromatic heterocycles. The van der Waals surface area contributed by atoms with Gasteiger partial charge in [0.1, 0.15) is 17.7 Å². The second kappa shape index (κ2) is 2.91. The Morgan fingerprint density at radius 3 is 2.86 bits per heavy atom. The van der Waals surface area contributed by atoms with E-state index in [1.54, 1.807) is 0 Å². The van der Waals surface area contributed by atoms with Crippen molar-refractivity contribution in [2.45, 2.75) is 0 Å². The SMILES string of the molecule is O=C(O)c1cccc2ncnc(=O)n12. The summed E-state index contributed by atoms with van der Waals surface area (Å²) >= 11 is 0. The molecule has 0 radical (unpaired) electrons. The first-order valence-electron chi connectivity index (χ1n) is 3.76. The molecule has 0 spiro atoms. The fraction of sp³-hybridized carbons (Fsp3) is 0. The Morgan fingerprint density at radius 1 is 1.36 bits per heavy atom. The third kappa shape index (κ3) is 1.13. The molecule has 0 saturated heterocycles. The van der Waals surface area contributed by atoms with E-state index in [9.17, 15) is 9.59 Å². The van der Waals surface area contributed by atoms with Crippen LogP contribution in [0.1, 0.15) is 10.5 Å². The van der Waals surface area contributed by atoms with E-state index in [2.05, 4.69) is 9.97 Å². The summed E-state index contributed by atoms with van der Waals surface area (Å²) in [6, 6.07) is 4.38. The summed E-state index contributed by atoms with van der Waals surface area (Å²) in [5.74, 6) is -1.19. The van der Waals surface area contributed by atoms with Crippen LogP contribution in [0, 0.1) is 0 Å². The molecule has 6 nitrogen and oxygen atoms in total. The standard InChI is InChI=1S/C8H5N3O3/c12-7(13)5-2-1-3-6-9-4-10-8(14)11(5)6/h1-4H,(H,12,13). The Bertz CT molecular complexity index is 556. The average Bonchev–Trinajstić information content (AvgIpc) is 2.17. The van der Waals surface area contributed by atoms with Crippen LogP contribution < -0.4 is 5.69 Å². The zero-order chi connectivity index (χ0) is 10.1. The number of rotatable bonds is 1. The number of pyridine rings is 1. The zero-order valence-corrected chi connectivity index (χ0v) is 6.91. The van der Waals surface area contributed by atoms with Gasteiger partial charge < -0.3 is 5.11 Å². The van der Waals surface area contributed by atoms with Gasteiger partial charge in [-0.15, -0.1) is 0 Å². The van der Waals surface area contributed by atoms with Crippen LogP contribution >= 0.6 is 0 Å². The highest BCUT2D eigenvalue weighted by atomic mass is 16.4. The number of carboxylic acids is 1. The van der Waals surface area contributed by atoms with E-state index in [1.807, 2.05) is 0 Å². The highest BCUT2D eigenvalue weighted by molar-refractivity contribution is 5.86. The molecule has 14 heavy (non-hydrogen) atoms. The van der Waals surface area contributed by atoms with Crippen molar-refractivity contribution in [3.8, 4) is 0 Å². The first kappa shape index (κ1) is 8.36. The number of carboxylic acid groups (broad SMARTS) is 1. The number of fused-ring (bicyclic) bond motifs is 1. The predicted molar refractivity (Wildman–Crippen MR) is 46.2 cm³/mol. The molecule has 2 heterocycles. The maximum absolute atomic E-state index is 11.3. The van der Waals surface area contributed by atoms with Crippen molar-refractivity contribution < 1.29 is 9.90 Å². The van der Waals surface area contributed by atoms with Crippen molar-refractivity contribution in [2.24, 2.45) is 0 Å². The summed E-state index contributed by atoms with van der Waals surface area (Å²) in [6.07, 6.45) is 1.10. The molecule has 0 aliphatic rings. The minimum atomic E-state index is -1.19. The summed E-state index contributed by atoms with van der Waals surface area (Å²) in [4.78, 5) is 29.2. The molecule has 0 amide bonds. The molecule has 0 atom stereocenters. The van der Waals surface area contributed by atoms with E-state index >= 15 is 0 Å². The molecule has 0 fully saturated rings. The van der Waals surface area contributed by atoms with E-state index in [0.717, 1.165) is 10.7 Å². The monoisotopic (exact) mass is 191 g/mol. The van der Waals surface area contributed by atoms with Gasteiger partial charge >= 0.3 is 11.7 Å². The lowest BCUT2D eigenvalue weighted by molar-refractivity contribution is 0.0688. The van der Waals surface area contributed by atoms with Crippen LogP contribution in [-0.2, 0) is 0 Å². The fourth-order valence-corrected chi connectivity index (χ4v) is 1.16. The van der Waals surface area contributed by atoms with E-state index in [4.69, 9.17) is 5.11 Å². The van der Waals surface area contributed by atoms with Crippen LogP contribution in [0.3, 0.4) is 0 Å². The molecule has 0 bridgehead atoms. The van der Waals surface area contributed by atoms with Crippen molar-refractivity contribution in [2.75, 3.05) is 0 Å². The summed E-state index contributed by atoms with van der Waals surface area (Å²) in [6.45, 7) is 0. The van der Waals surface area contributed by atoms with Gasteiger partial charge in [-0.05, 0) is 12.1 Å². The van der Waals surface area contributed by atoms with Gasteiger partial charge in [0.15, 0.2) is 0 Å². The zero-order valence-electron chi connectivity index (χ0n) is 6.91. The highest BCUT2D eigenvalue weighted by Gasteiger charge is 2.09. The third-order valence-electron chi connectivity index (χ3n) is 1.74. The minimum Gasteiger partial charge on any atom is -0.477 e. The van der Waals surface area contributed by atoms with Crippen molar-refractivity contribution in [1.29, 1.82) is 0 Å². The van der Waals surface area contributed by atoms with Crippen molar-refractivity contribution in [1.82, 2.24) is 14.4 Å². The third-order valence-corrected chi connectivity index (χ3v) is 1.74. The number of hydrogen-bond donors (Lipinski definition) is 1. The van der Waals surface area contributed by atoms with Gasteiger partial charge in [-0.2, -0.15) is 4.98 Å². The molecule has 0 aliphatic carbocycles. The van der Waals surface area contributed by atoms with Crippen LogP contribution in [0.5, 0.6) is 0 Å². The quantitative estimate of drug-likeness (QED) is 0.674. The van der Waals surface area contributed by atoms with Gasteiger partial charge in [0.25, 0.3) is 0 Å². The van der Waals surface area contributed by atoms with E-state index < -0.39 is 11.7 Å². The molecule has 70 valence electrons. The predicted octanol–water partition coefficient (Wildman–Crippen LogP) is -0.212. The topological polar surface area (TPSA) is 84.6 Å². The maximum atomic E-state index is 11.3. The fourth-order valence-electron chi connectivity index (χ4n) is 1.16. The van der Waals surface area contributed by atoms with Gasteiger partial charge in [0.05, 0.1) is 0 Å². The number of aromatic nitrogens is 3. The van der Waals surface area contributed by atoms with Crippen LogP contribution in [-0.4, -0.2) is 25.4 Å². The highest BCUT2D eigenvalue weighted by Crippen LogP contribution is 2.00. The largest absolute Gasteiger partial charge is 0.477 e. The van der Waals surface area contributed by atoms with Crippen LogP contribution in [0.15, 0.2) is 29.3 Å². The molecular formula is C8H5N3O3. The van der Waals surface area contributed by atoms with E-state index in [1.165, 1.54) is 18.2 Å². The molecule has 1 N–H and O–H groups in total. The second-order valence-corrected chi connectivity index (χ2v) is 2.57. The molecule has 2 rings (SSSR count). The van der Waals surface area contributed by atoms with Gasteiger partial charge in [0.2, 0.25) is 0 Å². The molecule has 2 aromatic rings. The smallest absolute Gasteiger partial charge is 0.355 e. The lowest BCUT2D eigenvalue weighted by Crippen LogP contribution is -2.22. The number of nitrogens with zero attached hydrogens (tertiary/aromatic N) is 3. The molecule has 6 heteroatoms. The molecule has 0 aromatic carbocycles. The molecule has 0 saturated carbocycles. The minimum absolute atomic E-state index is 0.145. The number of carbonyl (C=O) groups is 1. The summed E-state index contributed by atoms with van der Waals surface area (Å²) in [5, 5.41) is 8.79.